The van der Waals surface area contributed by atoms with Gasteiger partial charge in [0.05, 0.1) is 35.4 Å². The van der Waals surface area contributed by atoms with Crippen molar-refractivity contribution in [3.8, 4) is 22.8 Å². The van der Waals surface area contributed by atoms with Crippen molar-refractivity contribution >= 4 is 39.8 Å². The van der Waals surface area contributed by atoms with Crippen LogP contribution < -0.4 is 25.0 Å². The Morgan fingerprint density at radius 3 is 2.61 bits per heavy atom. The summed E-state index contributed by atoms with van der Waals surface area (Å²) in [5, 5.41) is 6.71. The van der Waals surface area contributed by atoms with Crippen LogP contribution in [0.3, 0.4) is 0 Å². The number of ether oxygens (including phenoxy) is 2. The predicted molar refractivity (Wildman–Crippen MR) is 158 cm³/mol. The number of hydrogen-bond donors (Lipinski definition) is 2. The van der Waals surface area contributed by atoms with Crippen LogP contribution >= 0.6 is 0 Å². The summed E-state index contributed by atoms with van der Waals surface area (Å²) in [6.45, 7) is 1.68. The number of methoxy groups -OCH3 is 1. The fourth-order valence-corrected chi connectivity index (χ4v) is 4.31. The number of benzene rings is 2. The first-order valence-electron chi connectivity index (χ1n) is 12.7. The molecule has 41 heavy (non-hydrogen) atoms. The van der Waals surface area contributed by atoms with Crippen molar-refractivity contribution in [3.63, 3.8) is 0 Å². The summed E-state index contributed by atoms with van der Waals surface area (Å²) in [4.78, 5) is 25.0. The largest absolute Gasteiger partial charge is 0.497 e. The van der Waals surface area contributed by atoms with E-state index in [1.165, 1.54) is 12.1 Å². The van der Waals surface area contributed by atoms with Gasteiger partial charge in [0.15, 0.2) is 5.75 Å². The predicted octanol–water partition coefficient (Wildman–Crippen LogP) is 5.11. The van der Waals surface area contributed by atoms with Crippen LogP contribution in [0.1, 0.15) is 0 Å². The molecule has 0 unspecified atom stereocenters. The molecule has 4 rings (SSSR count). The Balaban J connectivity index is 1.75. The number of alkyl halides is 2. The molecule has 2 aromatic carbocycles. The van der Waals surface area contributed by atoms with Crippen LogP contribution in [0, 0.1) is 0 Å². The van der Waals surface area contributed by atoms with E-state index in [4.69, 9.17) is 9.47 Å². The molecule has 4 aromatic rings. The Hall–Kier alpha value is -4.71. The maximum atomic E-state index is 13.5. The molecular weight excluding hydrogens is 532 g/mol. The molecule has 2 aromatic heterocycles. The molecule has 1 amide bonds. The van der Waals surface area contributed by atoms with Gasteiger partial charge in [0.1, 0.15) is 5.75 Å². The van der Waals surface area contributed by atoms with Crippen LogP contribution in [0.4, 0.5) is 31.8 Å². The lowest BCUT2D eigenvalue weighted by Crippen LogP contribution is -2.29. The molecular formula is C29H33F2N7O3. The number of rotatable bonds is 12. The van der Waals surface area contributed by atoms with E-state index in [0.29, 0.717) is 30.2 Å². The van der Waals surface area contributed by atoms with Crippen LogP contribution in [0.15, 0.2) is 61.4 Å². The molecule has 0 fully saturated rings. The van der Waals surface area contributed by atoms with Crippen LogP contribution in [0.2, 0.25) is 0 Å². The SMILES string of the molecule is C=CC(=O)Nc1cc(Nc2nccc(-c3cn(C)c4cc(OC)ccc34)n2)c(OC(F)F)cc1N(C)CCN(C)C. The van der Waals surface area contributed by atoms with Gasteiger partial charge in [-0.15, -0.1) is 0 Å². The normalized spacial score (nSPS) is 11.1. The summed E-state index contributed by atoms with van der Waals surface area (Å²) in [6, 6.07) is 10.5. The fraction of sp³-hybridized carbons (Fsp3) is 0.276. The highest BCUT2D eigenvalue weighted by molar-refractivity contribution is 6.02. The summed E-state index contributed by atoms with van der Waals surface area (Å²) >= 11 is 0. The quantitative estimate of drug-likeness (QED) is 0.229. The smallest absolute Gasteiger partial charge is 0.387 e. The Labute approximate surface area is 237 Å². The van der Waals surface area contributed by atoms with E-state index in [1.807, 2.05) is 59.9 Å². The molecule has 0 atom stereocenters. The van der Waals surface area contributed by atoms with Crippen molar-refractivity contribution in [2.24, 2.45) is 7.05 Å². The summed E-state index contributed by atoms with van der Waals surface area (Å²) < 4.78 is 39.2. The zero-order valence-electron chi connectivity index (χ0n) is 23.6. The molecule has 0 spiro atoms. The Morgan fingerprint density at radius 2 is 1.93 bits per heavy atom. The number of hydrogen-bond acceptors (Lipinski definition) is 8. The van der Waals surface area contributed by atoms with E-state index in [9.17, 15) is 13.6 Å². The zero-order valence-corrected chi connectivity index (χ0v) is 23.6. The Morgan fingerprint density at radius 1 is 1.15 bits per heavy atom. The Bertz CT molecular complexity index is 1560. The third kappa shape index (κ3) is 6.90. The van der Waals surface area contributed by atoms with E-state index in [2.05, 4.69) is 27.2 Å². The molecule has 10 nitrogen and oxygen atoms in total. The zero-order chi connectivity index (χ0) is 29.7. The molecule has 0 bridgehead atoms. The number of fused-ring (bicyclic) bond motifs is 1. The van der Waals surface area contributed by atoms with Gasteiger partial charge in [0, 0.05) is 62.7 Å². The highest BCUT2D eigenvalue weighted by Crippen LogP contribution is 2.39. The first-order chi connectivity index (χ1) is 19.6. The van der Waals surface area contributed by atoms with Gasteiger partial charge in [0.25, 0.3) is 0 Å². The van der Waals surface area contributed by atoms with Crippen molar-refractivity contribution in [3.05, 3.63) is 61.4 Å². The first kappa shape index (κ1) is 29.3. The van der Waals surface area contributed by atoms with E-state index >= 15 is 0 Å². The van der Waals surface area contributed by atoms with Crippen LogP contribution in [0.25, 0.3) is 22.2 Å². The second kappa shape index (κ2) is 12.6. The fourth-order valence-electron chi connectivity index (χ4n) is 4.31. The maximum absolute atomic E-state index is 13.5. The van der Waals surface area contributed by atoms with E-state index in [0.717, 1.165) is 28.3 Å². The van der Waals surface area contributed by atoms with Crippen LogP contribution in [0.5, 0.6) is 11.5 Å². The monoisotopic (exact) mass is 565 g/mol. The van der Waals surface area contributed by atoms with Crippen LogP contribution in [-0.4, -0.2) is 73.3 Å². The minimum absolute atomic E-state index is 0.130. The average Bonchev–Trinajstić information content (AvgIpc) is 3.28. The van der Waals surface area contributed by atoms with Gasteiger partial charge in [-0.3, -0.25) is 4.79 Å². The molecule has 0 aliphatic rings. The minimum Gasteiger partial charge on any atom is -0.497 e. The number of aromatic nitrogens is 3. The maximum Gasteiger partial charge on any atom is 0.387 e. The topological polar surface area (TPSA) is 96.8 Å². The standard InChI is InChI=1S/C29H33F2N7O3/c1-7-27(39)33-22-15-23(26(41-28(30)31)16-25(22)37(4)13-12-36(2)3)35-29-32-11-10-21(34-29)20-17-38(5)24-14-18(40-6)8-9-19(20)24/h7-11,14-17,28H,1,12-13H2,2-6H3,(H,33,39)(H,32,34,35). The lowest BCUT2D eigenvalue weighted by Gasteiger charge is -2.26. The number of carbonyl (C=O) groups excluding carboxylic acids is 1. The molecule has 2 N–H and O–H groups in total. The highest BCUT2D eigenvalue weighted by Gasteiger charge is 2.20. The summed E-state index contributed by atoms with van der Waals surface area (Å²) in [5.74, 6) is 0.306. The number of likely N-dealkylation sites (N-methyl/N-ethyl adjacent to an activating group) is 2. The summed E-state index contributed by atoms with van der Waals surface area (Å²) in [7, 11) is 9.19. The number of amides is 1. The average molecular weight is 566 g/mol. The van der Waals surface area contributed by atoms with Gasteiger partial charge in [-0.2, -0.15) is 8.78 Å². The molecule has 0 saturated carbocycles. The Kier molecular flexibility index (Phi) is 9.03. The van der Waals surface area contributed by atoms with Gasteiger partial charge >= 0.3 is 6.61 Å². The molecule has 0 aliphatic carbocycles. The third-order valence-corrected chi connectivity index (χ3v) is 6.43. The van der Waals surface area contributed by atoms with E-state index in [-0.39, 0.29) is 17.4 Å². The van der Waals surface area contributed by atoms with Gasteiger partial charge < -0.3 is 34.5 Å². The van der Waals surface area contributed by atoms with Crippen molar-refractivity contribution in [1.82, 2.24) is 19.4 Å². The van der Waals surface area contributed by atoms with Gasteiger partial charge in [-0.1, -0.05) is 6.58 Å². The number of nitrogens with one attached hydrogen (secondary N) is 2. The van der Waals surface area contributed by atoms with Crippen LogP contribution in [-0.2, 0) is 11.8 Å². The van der Waals surface area contributed by atoms with Crippen molar-refractivity contribution < 1.29 is 23.0 Å². The lowest BCUT2D eigenvalue weighted by atomic mass is 10.1. The molecule has 0 aliphatic heterocycles. The highest BCUT2D eigenvalue weighted by atomic mass is 19.3. The van der Waals surface area contributed by atoms with Gasteiger partial charge in [-0.05, 0) is 44.4 Å². The van der Waals surface area contributed by atoms with E-state index < -0.39 is 12.5 Å². The minimum atomic E-state index is -3.08. The number of nitrogens with zero attached hydrogens (tertiary/aromatic N) is 5. The number of aryl methyl sites for hydroxylation is 1. The van der Waals surface area contributed by atoms with Crippen molar-refractivity contribution in [1.29, 1.82) is 0 Å². The molecule has 12 heteroatoms. The lowest BCUT2D eigenvalue weighted by molar-refractivity contribution is -0.111. The third-order valence-electron chi connectivity index (χ3n) is 6.43. The molecule has 2 heterocycles. The molecule has 0 radical (unpaired) electrons. The van der Waals surface area contributed by atoms with E-state index in [1.54, 1.807) is 26.4 Å². The first-order valence-corrected chi connectivity index (χ1v) is 12.7. The number of anilines is 4. The second-order valence-corrected chi connectivity index (χ2v) is 9.59. The van der Waals surface area contributed by atoms with Gasteiger partial charge in [0.2, 0.25) is 11.9 Å². The summed E-state index contributed by atoms with van der Waals surface area (Å²) in [6.07, 6.45) is 4.65. The van der Waals surface area contributed by atoms with Crippen molar-refractivity contribution in [2.75, 3.05) is 56.9 Å². The molecule has 0 saturated heterocycles. The molecule has 216 valence electrons. The number of halogens is 2. The second-order valence-electron chi connectivity index (χ2n) is 9.59. The number of carbonyl (C=O) groups is 1. The van der Waals surface area contributed by atoms with Gasteiger partial charge in [-0.25, -0.2) is 9.97 Å². The van der Waals surface area contributed by atoms with Crippen molar-refractivity contribution in [2.45, 2.75) is 6.61 Å². The summed E-state index contributed by atoms with van der Waals surface area (Å²) in [5.41, 5.74) is 3.45.